The summed E-state index contributed by atoms with van der Waals surface area (Å²) >= 11 is 6.16. The van der Waals surface area contributed by atoms with Crippen molar-refractivity contribution >= 4 is 54.8 Å². The van der Waals surface area contributed by atoms with Crippen LogP contribution in [-0.2, 0) is 31.4 Å². The number of likely N-dealkylation sites (N-methyl/N-ethyl adjacent to an activating group) is 1. The molecule has 0 bridgehead atoms. The number of nitrogens with one attached hydrogen (secondary N) is 3. The van der Waals surface area contributed by atoms with E-state index in [0.29, 0.717) is 30.0 Å². The first-order chi connectivity index (χ1) is 15.8. The molecule has 0 radical (unpaired) electrons. The molecule has 0 aliphatic carbocycles. The highest BCUT2D eigenvalue weighted by Gasteiger charge is 2.12. The van der Waals surface area contributed by atoms with Gasteiger partial charge in [0.1, 0.15) is 6.61 Å². The molecule has 0 heterocycles. The van der Waals surface area contributed by atoms with Crippen molar-refractivity contribution in [3.8, 4) is 0 Å². The van der Waals surface area contributed by atoms with Gasteiger partial charge in [0.15, 0.2) is 0 Å². The molecule has 10 nitrogen and oxygen atoms in total. The highest BCUT2D eigenvalue weighted by molar-refractivity contribution is 7.92. The topological polar surface area (TPSA) is 134 Å². The quantitative estimate of drug-likeness (QED) is 0.404. The SMILES string of the molecule is CCN(CCNS(C)(=O)=O)c1ccc(NC(=O)OCc2ccc(NS(C)(=O)=O)cc2Cl)c(C)c1. The first-order valence-electron chi connectivity index (χ1n) is 10.3. The number of anilines is 3. The normalized spacial score (nSPS) is 11.7. The molecule has 3 N–H and O–H groups in total. The molecule has 0 fully saturated rings. The van der Waals surface area contributed by atoms with Gasteiger partial charge in [-0.3, -0.25) is 10.0 Å². The van der Waals surface area contributed by atoms with Crippen LogP contribution in [0.2, 0.25) is 5.02 Å². The molecule has 0 spiro atoms. The molecule has 0 aliphatic heterocycles. The van der Waals surface area contributed by atoms with Gasteiger partial charge in [-0.05, 0) is 49.7 Å². The van der Waals surface area contributed by atoms with E-state index in [-0.39, 0.29) is 18.2 Å². The molecule has 0 saturated carbocycles. The van der Waals surface area contributed by atoms with Crippen LogP contribution in [0.3, 0.4) is 0 Å². The number of carbonyl (C=O) groups excluding carboxylic acids is 1. The third-order valence-electron chi connectivity index (χ3n) is 4.65. The maximum Gasteiger partial charge on any atom is 0.411 e. The molecule has 2 rings (SSSR count). The summed E-state index contributed by atoms with van der Waals surface area (Å²) in [4.78, 5) is 14.3. The Hall–Kier alpha value is -2.54. The summed E-state index contributed by atoms with van der Waals surface area (Å²) in [6, 6.07) is 10.0. The summed E-state index contributed by atoms with van der Waals surface area (Å²) in [5.74, 6) is 0. The number of sulfonamides is 2. The summed E-state index contributed by atoms with van der Waals surface area (Å²) in [6.45, 7) is 5.17. The lowest BCUT2D eigenvalue weighted by Gasteiger charge is -2.24. The summed E-state index contributed by atoms with van der Waals surface area (Å²) < 4.78 is 55.2. The Balaban J connectivity index is 1.96. The van der Waals surface area contributed by atoms with Gasteiger partial charge in [-0.1, -0.05) is 17.7 Å². The van der Waals surface area contributed by atoms with Crippen LogP contribution in [0.25, 0.3) is 0 Å². The van der Waals surface area contributed by atoms with E-state index in [1.165, 1.54) is 12.1 Å². The van der Waals surface area contributed by atoms with E-state index in [9.17, 15) is 21.6 Å². The zero-order valence-corrected chi connectivity index (χ0v) is 21.8. The fourth-order valence-corrected chi connectivity index (χ4v) is 4.30. The first kappa shape index (κ1) is 27.7. The molecule has 0 saturated heterocycles. The van der Waals surface area contributed by atoms with E-state index in [1.54, 1.807) is 12.1 Å². The van der Waals surface area contributed by atoms with Crippen LogP contribution in [0.5, 0.6) is 0 Å². The second-order valence-electron chi connectivity index (χ2n) is 7.63. The minimum Gasteiger partial charge on any atom is -0.444 e. The maximum absolute atomic E-state index is 12.3. The fourth-order valence-electron chi connectivity index (χ4n) is 3.05. The Bertz CT molecular complexity index is 1240. The van der Waals surface area contributed by atoms with Crippen molar-refractivity contribution in [3.63, 3.8) is 0 Å². The summed E-state index contributed by atoms with van der Waals surface area (Å²) in [7, 11) is -6.68. The Morgan fingerprint density at radius 2 is 1.76 bits per heavy atom. The van der Waals surface area contributed by atoms with Crippen molar-refractivity contribution in [2.45, 2.75) is 20.5 Å². The van der Waals surface area contributed by atoms with Crippen LogP contribution in [0.15, 0.2) is 36.4 Å². The zero-order chi connectivity index (χ0) is 25.5. The van der Waals surface area contributed by atoms with E-state index in [1.807, 2.05) is 30.9 Å². The molecule has 1 amide bonds. The lowest BCUT2D eigenvalue weighted by atomic mass is 10.1. The molecule has 0 aromatic heterocycles. The van der Waals surface area contributed by atoms with Crippen molar-refractivity contribution in [2.75, 3.05) is 47.1 Å². The van der Waals surface area contributed by atoms with Gasteiger partial charge in [-0.25, -0.2) is 26.4 Å². The molecule has 0 aliphatic rings. The predicted octanol–water partition coefficient (Wildman–Crippen LogP) is 3.14. The predicted molar refractivity (Wildman–Crippen MR) is 136 cm³/mol. The standard InChI is InChI=1S/C21H29ClN4O6S2/c1-5-26(11-10-23-33(3,28)29)18-8-9-20(15(2)12-18)24-21(27)32-14-16-6-7-17(13-19(16)22)25-34(4,30)31/h6-9,12-13,23,25H,5,10-11,14H2,1-4H3,(H,24,27). The smallest absolute Gasteiger partial charge is 0.411 e. The molecule has 0 unspecified atom stereocenters. The number of aryl methyl sites for hydroxylation is 1. The van der Waals surface area contributed by atoms with Crippen molar-refractivity contribution in [2.24, 2.45) is 0 Å². The number of halogens is 1. The number of benzene rings is 2. The summed E-state index contributed by atoms with van der Waals surface area (Å²) in [5.41, 5.74) is 3.09. The van der Waals surface area contributed by atoms with Gasteiger partial charge < -0.3 is 9.64 Å². The number of carbonyl (C=O) groups is 1. The zero-order valence-electron chi connectivity index (χ0n) is 19.4. The van der Waals surface area contributed by atoms with Gasteiger partial charge in [0.2, 0.25) is 20.0 Å². The minimum absolute atomic E-state index is 0.0993. The third-order valence-corrected chi connectivity index (χ3v) is 6.34. The number of ether oxygens (including phenoxy) is 1. The number of amides is 1. The molecule has 2 aromatic carbocycles. The fraction of sp³-hybridized carbons (Fsp3) is 0.381. The van der Waals surface area contributed by atoms with Gasteiger partial charge in [0.05, 0.1) is 12.5 Å². The van der Waals surface area contributed by atoms with Crippen LogP contribution in [0.4, 0.5) is 21.9 Å². The Labute approximate surface area is 205 Å². The molecule has 13 heteroatoms. The number of rotatable bonds is 11. The van der Waals surface area contributed by atoms with Crippen LogP contribution in [0, 0.1) is 6.92 Å². The highest BCUT2D eigenvalue weighted by atomic mass is 35.5. The van der Waals surface area contributed by atoms with Gasteiger partial charge >= 0.3 is 6.09 Å². The molecule has 0 atom stereocenters. The monoisotopic (exact) mass is 532 g/mol. The maximum atomic E-state index is 12.3. The van der Waals surface area contributed by atoms with Crippen molar-refractivity contribution in [1.82, 2.24) is 4.72 Å². The average Bonchev–Trinajstić information content (AvgIpc) is 2.70. The van der Waals surface area contributed by atoms with Gasteiger partial charge in [0, 0.05) is 47.3 Å². The van der Waals surface area contributed by atoms with Gasteiger partial charge in [-0.15, -0.1) is 0 Å². The molecular weight excluding hydrogens is 504 g/mol. The second kappa shape index (κ2) is 11.7. The van der Waals surface area contributed by atoms with Gasteiger partial charge in [0.25, 0.3) is 0 Å². The first-order valence-corrected chi connectivity index (χ1v) is 14.4. The third kappa shape index (κ3) is 9.37. The lowest BCUT2D eigenvalue weighted by molar-refractivity contribution is 0.155. The van der Waals surface area contributed by atoms with Crippen molar-refractivity contribution < 1.29 is 26.4 Å². The minimum atomic E-state index is -3.43. The van der Waals surface area contributed by atoms with E-state index >= 15 is 0 Å². The van der Waals surface area contributed by atoms with Crippen LogP contribution >= 0.6 is 11.6 Å². The molecule has 2 aromatic rings. The highest BCUT2D eigenvalue weighted by Crippen LogP contribution is 2.24. The molecular formula is C21H29ClN4O6S2. The second-order valence-corrected chi connectivity index (χ2v) is 11.6. The summed E-state index contributed by atoms with van der Waals surface area (Å²) in [5, 5.41) is 2.94. The molecule has 188 valence electrons. The average molecular weight is 533 g/mol. The number of hydrogen-bond donors (Lipinski definition) is 3. The van der Waals surface area contributed by atoms with E-state index in [4.69, 9.17) is 16.3 Å². The molecule has 34 heavy (non-hydrogen) atoms. The largest absolute Gasteiger partial charge is 0.444 e. The van der Waals surface area contributed by atoms with E-state index in [2.05, 4.69) is 14.8 Å². The van der Waals surface area contributed by atoms with Crippen LogP contribution < -0.4 is 19.7 Å². The van der Waals surface area contributed by atoms with Gasteiger partial charge in [-0.2, -0.15) is 0 Å². The number of nitrogens with zero attached hydrogens (tertiary/aromatic N) is 1. The van der Waals surface area contributed by atoms with E-state index < -0.39 is 26.1 Å². The Kier molecular flexibility index (Phi) is 9.56. The number of hydrogen-bond acceptors (Lipinski definition) is 7. The Morgan fingerprint density at radius 3 is 2.32 bits per heavy atom. The van der Waals surface area contributed by atoms with Crippen molar-refractivity contribution in [1.29, 1.82) is 0 Å². The van der Waals surface area contributed by atoms with Crippen LogP contribution in [-0.4, -0.2) is 55.1 Å². The lowest BCUT2D eigenvalue weighted by Crippen LogP contribution is -2.34. The van der Waals surface area contributed by atoms with Crippen LogP contribution in [0.1, 0.15) is 18.1 Å². The van der Waals surface area contributed by atoms with Crippen molar-refractivity contribution in [3.05, 3.63) is 52.5 Å². The Morgan fingerprint density at radius 1 is 1.06 bits per heavy atom. The summed E-state index contributed by atoms with van der Waals surface area (Å²) in [6.07, 6.45) is 1.48. The van der Waals surface area contributed by atoms with E-state index in [0.717, 1.165) is 23.8 Å².